The van der Waals surface area contributed by atoms with Crippen molar-refractivity contribution in [3.63, 3.8) is 0 Å². The lowest BCUT2D eigenvalue weighted by Crippen LogP contribution is -2.25. The van der Waals surface area contributed by atoms with E-state index in [1.165, 1.54) is 11.3 Å². The zero-order valence-electron chi connectivity index (χ0n) is 22.4. The summed E-state index contributed by atoms with van der Waals surface area (Å²) in [6.45, 7) is 11.5. The summed E-state index contributed by atoms with van der Waals surface area (Å²) < 4.78 is 21.1. The molecule has 3 rings (SSSR count). The average Bonchev–Trinajstić information content (AvgIpc) is 3.28. The minimum Gasteiger partial charge on any atom is -0.485 e. The minimum atomic E-state index is -1.42. The molecule has 0 bridgehead atoms. The zero-order valence-corrected chi connectivity index (χ0v) is 23.2. The van der Waals surface area contributed by atoms with Crippen molar-refractivity contribution in [1.82, 2.24) is 5.32 Å². The summed E-state index contributed by atoms with van der Waals surface area (Å²) in [4.78, 5) is 24.6. The first-order valence-electron chi connectivity index (χ1n) is 12.5. The third kappa shape index (κ3) is 7.65. The predicted molar refractivity (Wildman–Crippen MR) is 147 cm³/mol. The lowest BCUT2D eigenvalue weighted by atomic mass is 9.91. The molecule has 5 nitrogen and oxygen atoms in total. The number of aliphatic carboxylic acids is 1. The molecule has 0 aliphatic heterocycles. The topological polar surface area (TPSA) is 75.6 Å². The van der Waals surface area contributed by atoms with Crippen LogP contribution >= 0.6 is 11.3 Å². The van der Waals surface area contributed by atoms with Crippen molar-refractivity contribution in [2.75, 3.05) is 6.54 Å². The summed E-state index contributed by atoms with van der Waals surface area (Å²) >= 11 is 1.36. The van der Waals surface area contributed by atoms with Gasteiger partial charge in [-0.15, -0.1) is 11.3 Å². The standard InChI is InChI=1S/C30H36FNO4S/c1-18(2)14-24(25-10-11-26(37-25)29(35)32-13-12-27(33)34)36-23-15-19(3)28(20(4)16-23)21-8-7-9-22(17-21)30(5,6)31/h7-11,15-18,24H,12-14H2,1-6H3,(H,32,35)(H,33,34). The minimum absolute atomic E-state index is 0.0873. The monoisotopic (exact) mass is 525 g/mol. The molecule has 1 atom stereocenters. The number of amides is 1. The molecule has 3 aromatic rings. The largest absolute Gasteiger partial charge is 0.485 e. The number of rotatable bonds is 11. The summed E-state index contributed by atoms with van der Waals surface area (Å²) in [5.41, 5.74) is 3.34. The number of carboxylic acids is 1. The lowest BCUT2D eigenvalue weighted by Gasteiger charge is -2.22. The SMILES string of the molecule is Cc1cc(OC(CC(C)C)c2ccc(C(=O)NCCC(=O)O)s2)cc(C)c1-c1cccc(C(C)(C)F)c1. The summed E-state index contributed by atoms with van der Waals surface area (Å²) in [7, 11) is 0. The molecule has 2 aromatic carbocycles. The smallest absolute Gasteiger partial charge is 0.305 e. The van der Waals surface area contributed by atoms with E-state index in [4.69, 9.17) is 9.84 Å². The number of hydrogen-bond donors (Lipinski definition) is 2. The molecule has 0 aliphatic rings. The number of carbonyl (C=O) groups is 2. The Labute approximate surface area is 222 Å². The normalized spacial score (nSPS) is 12.4. The van der Waals surface area contributed by atoms with Gasteiger partial charge < -0.3 is 15.2 Å². The number of alkyl halides is 1. The molecular formula is C30H36FNO4S. The molecule has 198 valence electrons. The van der Waals surface area contributed by atoms with E-state index in [1.807, 2.05) is 56.3 Å². The van der Waals surface area contributed by atoms with Crippen molar-refractivity contribution in [2.45, 2.75) is 66.2 Å². The van der Waals surface area contributed by atoms with Crippen molar-refractivity contribution in [2.24, 2.45) is 5.92 Å². The van der Waals surface area contributed by atoms with Gasteiger partial charge in [0.15, 0.2) is 0 Å². The van der Waals surface area contributed by atoms with E-state index in [9.17, 15) is 14.0 Å². The summed E-state index contributed by atoms with van der Waals surface area (Å²) in [6, 6.07) is 15.3. The van der Waals surface area contributed by atoms with Crippen LogP contribution in [0.2, 0.25) is 0 Å². The van der Waals surface area contributed by atoms with Crippen LogP contribution in [0.25, 0.3) is 11.1 Å². The highest BCUT2D eigenvalue weighted by Crippen LogP contribution is 2.37. The fraction of sp³-hybridized carbons (Fsp3) is 0.400. The Bertz CT molecular complexity index is 1240. The van der Waals surface area contributed by atoms with E-state index in [0.29, 0.717) is 16.4 Å². The fourth-order valence-corrected chi connectivity index (χ4v) is 5.29. The van der Waals surface area contributed by atoms with Gasteiger partial charge in [0, 0.05) is 11.4 Å². The van der Waals surface area contributed by atoms with Crippen LogP contribution < -0.4 is 10.1 Å². The van der Waals surface area contributed by atoms with Gasteiger partial charge in [0.2, 0.25) is 0 Å². The van der Waals surface area contributed by atoms with Gasteiger partial charge in [0.1, 0.15) is 17.5 Å². The molecule has 1 aromatic heterocycles. The number of carboxylic acid groups (broad SMARTS) is 1. The first-order chi connectivity index (χ1) is 17.3. The van der Waals surface area contributed by atoms with Gasteiger partial charge >= 0.3 is 5.97 Å². The van der Waals surface area contributed by atoms with Crippen LogP contribution in [0.5, 0.6) is 5.75 Å². The Kier molecular flexibility index (Phi) is 9.13. The van der Waals surface area contributed by atoms with Gasteiger partial charge in [-0.1, -0.05) is 32.0 Å². The van der Waals surface area contributed by atoms with Crippen LogP contribution in [0, 0.1) is 19.8 Å². The first kappa shape index (κ1) is 28.4. The van der Waals surface area contributed by atoms with Crippen LogP contribution in [0.1, 0.15) is 77.9 Å². The fourth-order valence-electron chi connectivity index (χ4n) is 4.32. The van der Waals surface area contributed by atoms with Gasteiger partial charge in [-0.25, -0.2) is 4.39 Å². The van der Waals surface area contributed by atoms with Crippen LogP contribution in [-0.4, -0.2) is 23.5 Å². The maximum atomic E-state index is 14.6. The molecule has 0 aliphatic carbocycles. The predicted octanol–water partition coefficient (Wildman–Crippen LogP) is 7.61. The Hall–Kier alpha value is -3.19. The molecular weight excluding hydrogens is 489 g/mol. The van der Waals surface area contributed by atoms with E-state index in [0.717, 1.165) is 39.3 Å². The number of benzene rings is 2. The highest BCUT2D eigenvalue weighted by atomic mass is 32.1. The average molecular weight is 526 g/mol. The second kappa shape index (κ2) is 11.9. The number of halogens is 1. The third-order valence-electron chi connectivity index (χ3n) is 6.10. The van der Waals surface area contributed by atoms with Crippen LogP contribution in [-0.2, 0) is 10.5 Å². The summed E-state index contributed by atoms with van der Waals surface area (Å²) in [6.07, 6.45) is 0.424. The van der Waals surface area contributed by atoms with E-state index in [-0.39, 0.29) is 25.0 Å². The van der Waals surface area contributed by atoms with Crippen LogP contribution in [0.15, 0.2) is 48.5 Å². The van der Waals surface area contributed by atoms with E-state index < -0.39 is 11.6 Å². The second-order valence-corrected chi connectivity index (χ2v) is 11.4. The molecule has 1 heterocycles. The zero-order chi connectivity index (χ0) is 27.3. The number of hydrogen-bond acceptors (Lipinski definition) is 4. The van der Waals surface area contributed by atoms with Gasteiger partial charge in [0.25, 0.3) is 5.91 Å². The van der Waals surface area contributed by atoms with Crippen molar-refractivity contribution in [1.29, 1.82) is 0 Å². The van der Waals surface area contributed by atoms with E-state index in [2.05, 4.69) is 19.2 Å². The van der Waals surface area contributed by atoms with Gasteiger partial charge in [-0.2, -0.15) is 0 Å². The van der Waals surface area contributed by atoms with Gasteiger partial charge in [-0.3, -0.25) is 9.59 Å². The van der Waals surface area contributed by atoms with Crippen molar-refractivity contribution >= 4 is 23.2 Å². The summed E-state index contributed by atoms with van der Waals surface area (Å²) in [5, 5.41) is 11.4. The van der Waals surface area contributed by atoms with Gasteiger partial charge in [-0.05, 0) is 98.2 Å². The van der Waals surface area contributed by atoms with Crippen LogP contribution in [0.3, 0.4) is 0 Å². The van der Waals surface area contributed by atoms with E-state index in [1.54, 1.807) is 19.9 Å². The van der Waals surface area contributed by atoms with E-state index >= 15 is 0 Å². The highest BCUT2D eigenvalue weighted by Gasteiger charge is 2.22. The first-order valence-corrected chi connectivity index (χ1v) is 13.3. The second-order valence-electron chi connectivity index (χ2n) is 10.3. The van der Waals surface area contributed by atoms with Gasteiger partial charge in [0.05, 0.1) is 11.3 Å². The number of carbonyl (C=O) groups excluding carboxylic acids is 1. The highest BCUT2D eigenvalue weighted by molar-refractivity contribution is 7.14. The third-order valence-corrected chi connectivity index (χ3v) is 7.28. The Morgan fingerprint density at radius 1 is 1.08 bits per heavy atom. The molecule has 2 N–H and O–H groups in total. The molecule has 1 amide bonds. The molecule has 7 heteroatoms. The Morgan fingerprint density at radius 3 is 2.35 bits per heavy atom. The Balaban J connectivity index is 1.84. The molecule has 37 heavy (non-hydrogen) atoms. The number of nitrogens with one attached hydrogen (secondary N) is 1. The number of thiophene rings is 1. The Morgan fingerprint density at radius 2 is 1.76 bits per heavy atom. The van der Waals surface area contributed by atoms with Crippen molar-refractivity contribution in [3.8, 4) is 16.9 Å². The molecule has 0 saturated heterocycles. The van der Waals surface area contributed by atoms with Crippen molar-refractivity contribution < 1.29 is 23.8 Å². The van der Waals surface area contributed by atoms with Crippen molar-refractivity contribution in [3.05, 3.63) is 75.0 Å². The molecule has 0 fully saturated rings. The number of aryl methyl sites for hydroxylation is 2. The molecule has 0 saturated carbocycles. The molecule has 0 spiro atoms. The molecule has 0 radical (unpaired) electrons. The quantitative estimate of drug-likeness (QED) is 0.270. The maximum Gasteiger partial charge on any atom is 0.305 e. The molecule has 1 unspecified atom stereocenters. The summed E-state index contributed by atoms with van der Waals surface area (Å²) in [5.74, 6) is -0.121. The number of ether oxygens (including phenoxy) is 1. The van der Waals surface area contributed by atoms with Crippen LogP contribution in [0.4, 0.5) is 4.39 Å². The lowest BCUT2D eigenvalue weighted by molar-refractivity contribution is -0.136. The maximum absolute atomic E-state index is 14.6.